The van der Waals surface area contributed by atoms with Crippen molar-refractivity contribution in [1.82, 2.24) is 9.71 Å². The van der Waals surface area contributed by atoms with Crippen molar-refractivity contribution >= 4 is 34.3 Å². The predicted octanol–water partition coefficient (Wildman–Crippen LogP) is 2.32. The molecular formula is C18H20N2O5S2. The molecule has 3 atom stereocenters. The van der Waals surface area contributed by atoms with Gasteiger partial charge in [-0.1, -0.05) is 30.4 Å². The number of carbonyl (C=O) groups excluding carboxylic acids is 2. The van der Waals surface area contributed by atoms with Gasteiger partial charge in [-0.25, -0.2) is 13.9 Å². The van der Waals surface area contributed by atoms with Crippen LogP contribution in [0.3, 0.4) is 0 Å². The summed E-state index contributed by atoms with van der Waals surface area (Å²) in [6.45, 7) is 5.34. The largest absolute Gasteiger partial charge is 0.468 e. The monoisotopic (exact) mass is 408 g/mol. The van der Waals surface area contributed by atoms with Crippen LogP contribution in [0.15, 0.2) is 53.4 Å². The van der Waals surface area contributed by atoms with Gasteiger partial charge in [-0.05, 0) is 19.1 Å². The molecule has 0 aliphatic heterocycles. The van der Waals surface area contributed by atoms with E-state index in [2.05, 4.69) is 16.3 Å². The molecule has 0 saturated heterocycles. The summed E-state index contributed by atoms with van der Waals surface area (Å²) in [5.74, 6) is -2.98. The number of ether oxygens (including phenoxy) is 2. The maximum Gasteiger partial charge on any atom is 0.322 e. The van der Waals surface area contributed by atoms with Gasteiger partial charge in [0, 0.05) is 11.6 Å². The quantitative estimate of drug-likeness (QED) is 0.389. The lowest BCUT2D eigenvalue weighted by atomic mass is 10.0. The van der Waals surface area contributed by atoms with E-state index in [1.54, 1.807) is 17.5 Å². The van der Waals surface area contributed by atoms with E-state index in [0.29, 0.717) is 9.90 Å². The number of nitrogens with one attached hydrogen (secondary N) is 1. The maximum absolute atomic E-state index is 12.8. The summed E-state index contributed by atoms with van der Waals surface area (Å²) in [7, 11) is -0.514. The smallest absolute Gasteiger partial charge is 0.322 e. The third kappa shape index (κ3) is 5.56. The van der Waals surface area contributed by atoms with Crippen LogP contribution in [0.5, 0.6) is 0 Å². The van der Waals surface area contributed by atoms with Crippen LogP contribution in [0, 0.1) is 12.8 Å². The number of aromatic nitrogens is 1. The molecule has 144 valence electrons. The Morgan fingerprint density at radius 1 is 1.33 bits per heavy atom. The summed E-state index contributed by atoms with van der Waals surface area (Å²) in [4.78, 5) is 29.4. The average molecular weight is 409 g/mol. The second-order valence-electron chi connectivity index (χ2n) is 5.47. The molecule has 1 unspecified atom stereocenters. The van der Waals surface area contributed by atoms with Gasteiger partial charge < -0.3 is 9.47 Å². The fraction of sp³-hybridized carbons (Fsp3) is 0.278. The molecule has 0 radical (unpaired) electrons. The number of methoxy groups -OCH3 is 1. The van der Waals surface area contributed by atoms with Crippen molar-refractivity contribution < 1.29 is 23.3 Å². The van der Waals surface area contributed by atoms with E-state index in [0.717, 1.165) is 5.56 Å². The minimum absolute atomic E-state index is 0.0576. The van der Waals surface area contributed by atoms with E-state index >= 15 is 0 Å². The fourth-order valence-electron chi connectivity index (χ4n) is 2.22. The Hall–Kier alpha value is -2.36. The zero-order valence-corrected chi connectivity index (χ0v) is 16.5. The minimum atomic E-state index is -1.69. The standard InChI is InChI=1S/C18H20N2O5S2/c1-4-10-25-18(22)14(17(21)24-3)15(16-19-9-11-26-16)20-27(23)13-7-5-12(2)6-8-13/h4-9,11,14-15,20H,1,10H2,2-3H3/t14?,15-,27+/m1/s1. The van der Waals surface area contributed by atoms with Crippen molar-refractivity contribution in [3.8, 4) is 0 Å². The number of hydrogen-bond donors (Lipinski definition) is 1. The Morgan fingerprint density at radius 2 is 2.04 bits per heavy atom. The SMILES string of the molecule is C=CCOC(=O)C(C(=O)OC)[C@@H](N[S@@](=O)c1ccc(C)cc1)c1nccs1. The first-order valence-corrected chi connectivity index (χ1v) is 10.00. The first-order valence-electron chi connectivity index (χ1n) is 7.97. The van der Waals surface area contributed by atoms with Crippen LogP contribution in [0.1, 0.15) is 16.6 Å². The Balaban J connectivity index is 2.34. The van der Waals surface area contributed by atoms with Gasteiger partial charge in [0.1, 0.15) is 22.6 Å². The maximum atomic E-state index is 12.8. The third-order valence-electron chi connectivity index (χ3n) is 3.57. The Labute approximate surface area is 164 Å². The zero-order chi connectivity index (χ0) is 19.8. The van der Waals surface area contributed by atoms with E-state index in [9.17, 15) is 13.8 Å². The number of nitrogens with zero attached hydrogens (tertiary/aromatic N) is 1. The Bertz CT molecular complexity index is 806. The molecule has 1 aromatic heterocycles. The number of esters is 2. The highest BCUT2D eigenvalue weighted by atomic mass is 32.2. The molecule has 27 heavy (non-hydrogen) atoms. The van der Waals surface area contributed by atoms with Crippen LogP contribution in [0.2, 0.25) is 0 Å². The molecule has 2 aromatic rings. The van der Waals surface area contributed by atoms with E-state index in [-0.39, 0.29) is 6.61 Å². The molecule has 2 rings (SSSR count). The van der Waals surface area contributed by atoms with E-state index < -0.39 is 34.9 Å². The summed E-state index contributed by atoms with van der Waals surface area (Å²) in [6, 6.07) is 6.09. The molecule has 1 N–H and O–H groups in total. The van der Waals surface area contributed by atoms with Gasteiger partial charge in [-0.3, -0.25) is 9.59 Å². The van der Waals surface area contributed by atoms with Crippen LogP contribution in [0.4, 0.5) is 0 Å². The van der Waals surface area contributed by atoms with Gasteiger partial charge in [0.2, 0.25) is 0 Å². The van der Waals surface area contributed by atoms with Crippen LogP contribution < -0.4 is 4.72 Å². The van der Waals surface area contributed by atoms with Gasteiger partial charge in [0.05, 0.1) is 18.0 Å². The van der Waals surface area contributed by atoms with Crippen molar-refractivity contribution in [2.75, 3.05) is 13.7 Å². The van der Waals surface area contributed by atoms with Gasteiger partial charge in [-0.15, -0.1) is 11.3 Å². The van der Waals surface area contributed by atoms with Gasteiger partial charge in [-0.2, -0.15) is 0 Å². The third-order valence-corrected chi connectivity index (χ3v) is 5.60. The number of carbonyl (C=O) groups is 2. The van der Waals surface area contributed by atoms with Crippen molar-refractivity contribution in [3.63, 3.8) is 0 Å². The van der Waals surface area contributed by atoms with E-state index in [4.69, 9.17) is 9.47 Å². The molecule has 0 amide bonds. The highest BCUT2D eigenvalue weighted by Crippen LogP contribution is 2.28. The van der Waals surface area contributed by atoms with Crippen molar-refractivity contribution in [1.29, 1.82) is 0 Å². The molecule has 0 spiro atoms. The van der Waals surface area contributed by atoms with Crippen LogP contribution in [-0.4, -0.2) is 34.8 Å². The van der Waals surface area contributed by atoms with E-state index in [1.165, 1.54) is 30.7 Å². The number of thiazole rings is 1. The molecule has 0 fully saturated rings. The molecule has 1 aromatic carbocycles. The lowest BCUT2D eigenvalue weighted by Crippen LogP contribution is -2.40. The minimum Gasteiger partial charge on any atom is -0.468 e. The predicted molar refractivity (Wildman–Crippen MR) is 102 cm³/mol. The summed E-state index contributed by atoms with van der Waals surface area (Å²) in [5.41, 5.74) is 1.02. The van der Waals surface area contributed by atoms with Crippen LogP contribution >= 0.6 is 11.3 Å². The second kappa shape index (κ2) is 10.1. The highest BCUT2D eigenvalue weighted by molar-refractivity contribution is 7.83. The fourth-order valence-corrected chi connectivity index (χ4v) is 4.02. The molecule has 1 heterocycles. The summed E-state index contributed by atoms with van der Waals surface area (Å²) in [5, 5.41) is 2.11. The van der Waals surface area contributed by atoms with Gasteiger partial charge in [0.15, 0.2) is 5.92 Å². The topological polar surface area (TPSA) is 94.6 Å². The molecule has 0 bridgehead atoms. The van der Waals surface area contributed by atoms with Gasteiger partial charge >= 0.3 is 11.9 Å². The number of rotatable bonds is 9. The van der Waals surface area contributed by atoms with Crippen molar-refractivity contribution in [2.24, 2.45) is 5.92 Å². The normalized spacial score (nSPS) is 14.0. The lowest BCUT2D eigenvalue weighted by Gasteiger charge is -2.22. The van der Waals surface area contributed by atoms with Crippen molar-refractivity contribution in [3.05, 3.63) is 59.1 Å². The number of hydrogen-bond acceptors (Lipinski definition) is 7. The molecule has 0 saturated carbocycles. The van der Waals surface area contributed by atoms with E-state index in [1.807, 2.05) is 19.1 Å². The summed E-state index contributed by atoms with van der Waals surface area (Å²) < 4.78 is 25.4. The highest BCUT2D eigenvalue weighted by Gasteiger charge is 2.40. The Morgan fingerprint density at radius 3 is 2.59 bits per heavy atom. The summed E-state index contributed by atoms with van der Waals surface area (Å²) in [6.07, 6.45) is 2.93. The zero-order valence-electron chi connectivity index (χ0n) is 14.9. The molecular weight excluding hydrogens is 388 g/mol. The van der Waals surface area contributed by atoms with Crippen LogP contribution in [-0.2, 0) is 30.0 Å². The lowest BCUT2D eigenvalue weighted by molar-refractivity contribution is -0.161. The molecule has 0 aliphatic carbocycles. The van der Waals surface area contributed by atoms with Crippen molar-refractivity contribution in [2.45, 2.75) is 17.9 Å². The van der Waals surface area contributed by atoms with Crippen LogP contribution in [0.25, 0.3) is 0 Å². The summed E-state index contributed by atoms with van der Waals surface area (Å²) >= 11 is 1.22. The molecule has 9 heteroatoms. The average Bonchev–Trinajstić information content (AvgIpc) is 3.20. The Kier molecular flexibility index (Phi) is 7.83. The second-order valence-corrected chi connectivity index (χ2v) is 7.64. The number of aryl methyl sites for hydroxylation is 1. The number of benzene rings is 1. The first kappa shape index (κ1) is 20.9. The molecule has 7 nitrogen and oxygen atoms in total. The molecule has 0 aliphatic rings. The van der Waals surface area contributed by atoms with Gasteiger partial charge in [0.25, 0.3) is 0 Å². The first-order chi connectivity index (χ1) is 13.0.